The van der Waals surface area contributed by atoms with Crippen LogP contribution >= 0.6 is 24.1 Å². The summed E-state index contributed by atoms with van der Waals surface area (Å²) in [5, 5.41) is 1.56. The van der Waals surface area contributed by atoms with E-state index < -0.39 is 17.0 Å². The zero-order chi connectivity index (χ0) is 24.1. The van der Waals surface area contributed by atoms with Crippen LogP contribution in [0.5, 0.6) is 0 Å². The van der Waals surface area contributed by atoms with Crippen molar-refractivity contribution in [1.29, 1.82) is 0 Å². The number of ether oxygens (including phenoxy) is 3. The van der Waals surface area contributed by atoms with Crippen molar-refractivity contribution in [3.05, 3.63) is 6.33 Å². The fourth-order valence-corrected chi connectivity index (χ4v) is 3.19. The van der Waals surface area contributed by atoms with Crippen molar-refractivity contribution in [3.8, 4) is 0 Å². The van der Waals surface area contributed by atoms with Gasteiger partial charge in [0.05, 0.1) is 26.4 Å². The molecule has 0 aromatic carbocycles. The van der Waals surface area contributed by atoms with Gasteiger partial charge in [-0.3, -0.25) is 4.57 Å². The summed E-state index contributed by atoms with van der Waals surface area (Å²) in [4.78, 5) is 36.3. The summed E-state index contributed by atoms with van der Waals surface area (Å²) in [6, 6.07) is 0. The highest BCUT2D eigenvalue weighted by Crippen LogP contribution is 2.24. The Morgan fingerprint density at radius 3 is 2.45 bits per heavy atom. The van der Waals surface area contributed by atoms with Gasteiger partial charge in [0.2, 0.25) is 5.95 Å². The van der Waals surface area contributed by atoms with E-state index in [1.165, 1.54) is 10.9 Å². The number of nitrogens with zero attached hydrogens (tertiary/aromatic N) is 4. The first kappa shape index (κ1) is 26.9. The smallest absolute Gasteiger partial charge is 0.398 e. The molecule has 2 aromatic rings. The average Bonchev–Trinajstić information content (AvgIpc) is 3.23. The monoisotopic (exact) mass is 504 g/mol. The van der Waals surface area contributed by atoms with E-state index in [0.29, 0.717) is 54.9 Å². The Balaban J connectivity index is 2.02. The summed E-state index contributed by atoms with van der Waals surface area (Å²) in [5.41, 5.74) is 6.57. The third kappa shape index (κ3) is 8.85. The lowest BCUT2D eigenvalue weighted by molar-refractivity contribution is -0.148. The molecule has 0 radical (unpaired) electrons. The Morgan fingerprint density at radius 1 is 1.09 bits per heavy atom. The van der Waals surface area contributed by atoms with Gasteiger partial charge < -0.3 is 33.6 Å². The number of nitrogen functional groups attached to an aromatic ring is 1. The average molecular weight is 505 g/mol. The highest BCUT2D eigenvalue weighted by Gasteiger charge is 2.23. The Hall–Kier alpha value is -2.33. The number of hydrogen-bond donors (Lipinski definition) is 2. The minimum absolute atomic E-state index is 0.0973. The molecule has 0 saturated carbocycles. The molecule has 13 nitrogen and oxygen atoms in total. The fraction of sp³-hybridized carbons (Fsp3) is 0.611. The molecule has 0 aliphatic carbocycles. The first-order chi connectivity index (χ1) is 16.0. The van der Waals surface area contributed by atoms with Gasteiger partial charge in [0, 0.05) is 13.5 Å². The first-order valence-corrected chi connectivity index (χ1v) is 11.7. The predicted octanol–water partition coefficient (Wildman–Crippen LogP) is 3.74. The van der Waals surface area contributed by atoms with Crippen LogP contribution in [0.1, 0.15) is 39.5 Å². The molecule has 2 heterocycles. The zero-order valence-corrected chi connectivity index (χ0v) is 20.3. The maximum Gasteiger partial charge on any atom is 0.398 e. The van der Waals surface area contributed by atoms with Crippen LogP contribution in [0.4, 0.5) is 21.4 Å². The molecular formula is C18H28N6O7S2. The van der Waals surface area contributed by atoms with E-state index in [1.54, 1.807) is 7.05 Å². The van der Waals surface area contributed by atoms with Crippen molar-refractivity contribution in [2.75, 3.05) is 44.5 Å². The largest absolute Gasteiger partial charge is 0.456 e. The van der Waals surface area contributed by atoms with E-state index in [1.807, 2.05) is 13.8 Å². The number of aromatic nitrogens is 4. The number of nitrogens with one attached hydrogen (secondary N) is 1. The summed E-state index contributed by atoms with van der Waals surface area (Å²) in [5.74, 6) is 0.422. The van der Waals surface area contributed by atoms with Gasteiger partial charge in [-0.2, -0.15) is 9.97 Å². The molecule has 0 bridgehead atoms. The fourth-order valence-electron chi connectivity index (χ4n) is 2.25. The number of rotatable bonds is 14. The summed E-state index contributed by atoms with van der Waals surface area (Å²) >= 11 is 1.22. The second-order valence-electron chi connectivity index (χ2n) is 6.31. The van der Waals surface area contributed by atoms with Crippen molar-refractivity contribution in [2.24, 2.45) is 0 Å². The van der Waals surface area contributed by atoms with Gasteiger partial charge in [0.25, 0.3) is 6.41 Å². The van der Waals surface area contributed by atoms with Crippen LogP contribution in [0.3, 0.4) is 0 Å². The van der Waals surface area contributed by atoms with Gasteiger partial charge in [-0.15, -0.1) is 0 Å². The summed E-state index contributed by atoms with van der Waals surface area (Å²) in [6.45, 7) is 4.90. The molecule has 0 spiro atoms. The number of fused-ring (bicyclic) bond motifs is 1. The van der Waals surface area contributed by atoms with Gasteiger partial charge in [-0.05, 0) is 12.8 Å². The minimum Gasteiger partial charge on any atom is -0.456 e. The summed E-state index contributed by atoms with van der Waals surface area (Å²) in [7, 11) is 1.64. The molecular weight excluding hydrogens is 476 g/mol. The van der Waals surface area contributed by atoms with Crippen LogP contribution in [0.25, 0.3) is 11.2 Å². The van der Waals surface area contributed by atoms with E-state index >= 15 is 0 Å². The van der Waals surface area contributed by atoms with E-state index in [2.05, 4.69) is 20.3 Å². The number of carbonyl (C=O) groups excluding carboxylic acids is 2. The second kappa shape index (κ2) is 14.7. The molecule has 1 atom stereocenters. The lowest BCUT2D eigenvalue weighted by atomic mass is 10.5. The summed E-state index contributed by atoms with van der Waals surface area (Å²) < 4.78 is 27.8. The Morgan fingerprint density at radius 2 is 1.79 bits per heavy atom. The van der Waals surface area contributed by atoms with E-state index in [-0.39, 0.29) is 25.0 Å². The maximum atomic E-state index is 12.2. The van der Waals surface area contributed by atoms with Crippen molar-refractivity contribution in [3.63, 3.8) is 0 Å². The van der Waals surface area contributed by atoms with Gasteiger partial charge in [-0.25, -0.2) is 14.6 Å². The molecule has 184 valence electrons. The lowest BCUT2D eigenvalue weighted by Gasteiger charge is -2.19. The highest BCUT2D eigenvalue weighted by atomic mass is 32.2. The number of imidazole rings is 1. The molecule has 2 aromatic heterocycles. The third-order valence-corrected chi connectivity index (χ3v) is 4.75. The van der Waals surface area contributed by atoms with Crippen LogP contribution in [0, 0.1) is 0 Å². The molecule has 0 fully saturated rings. The Kier molecular flexibility index (Phi) is 12.0. The normalized spacial score (nSPS) is 12.0. The van der Waals surface area contributed by atoms with Crippen LogP contribution in [-0.4, -0.2) is 63.6 Å². The topological polar surface area (TPSA) is 162 Å². The minimum atomic E-state index is -1.21. The molecule has 3 N–H and O–H groups in total. The van der Waals surface area contributed by atoms with Gasteiger partial charge in [-0.1, -0.05) is 13.8 Å². The van der Waals surface area contributed by atoms with Gasteiger partial charge in [0.15, 0.2) is 17.0 Å². The first-order valence-electron chi connectivity index (χ1n) is 10.3. The quantitative estimate of drug-likeness (QED) is 0.165. The van der Waals surface area contributed by atoms with E-state index in [0.717, 1.165) is 12.8 Å². The Labute approximate surface area is 199 Å². The third-order valence-electron chi connectivity index (χ3n) is 3.69. The second-order valence-corrected chi connectivity index (χ2v) is 7.79. The van der Waals surface area contributed by atoms with Gasteiger partial charge >= 0.3 is 10.6 Å². The van der Waals surface area contributed by atoms with E-state index in [4.69, 9.17) is 28.3 Å². The lowest BCUT2D eigenvalue weighted by Crippen LogP contribution is -2.20. The molecule has 33 heavy (non-hydrogen) atoms. The predicted molar refractivity (Wildman–Crippen MR) is 124 cm³/mol. The molecule has 0 amide bonds. The highest BCUT2D eigenvalue weighted by molar-refractivity contribution is 8.09. The number of hydrogen-bond acceptors (Lipinski definition) is 14. The van der Waals surface area contributed by atoms with E-state index in [9.17, 15) is 9.59 Å². The number of anilines is 2. The molecule has 15 heteroatoms. The van der Waals surface area contributed by atoms with Crippen molar-refractivity contribution < 1.29 is 32.2 Å². The molecule has 0 aliphatic rings. The van der Waals surface area contributed by atoms with Gasteiger partial charge in [0.1, 0.15) is 30.4 Å². The summed E-state index contributed by atoms with van der Waals surface area (Å²) in [6.07, 6.45) is 2.06. The van der Waals surface area contributed by atoms with Crippen molar-refractivity contribution in [1.82, 2.24) is 19.5 Å². The molecule has 0 aliphatic heterocycles. The van der Waals surface area contributed by atoms with Crippen molar-refractivity contribution in [2.45, 2.75) is 39.5 Å². The molecule has 2 rings (SSSR count). The standard InChI is InChI=1S/C18H28N6O7S2/c1-4-7-29-32-17(25)28-10-6-9-27-16(31-18(26)33-30-8-5-2)24-11-21-12-13(19)22-15(20-3)23-14(12)24/h11,16H,4-10H2,1-3H3,(H3,19,20,22,23). The number of carbonyl (C=O) groups is 2. The van der Waals surface area contributed by atoms with Crippen molar-refractivity contribution >= 4 is 57.6 Å². The van der Waals surface area contributed by atoms with Crippen LogP contribution in [-0.2, 0) is 22.6 Å². The SMILES string of the molecule is CCCOSC(=O)OCCCOC(OC(=O)SOCCC)n1cnc2c(N)nc(NC)nc21. The van der Waals surface area contributed by atoms with Crippen LogP contribution in [0.15, 0.2) is 6.33 Å². The maximum absolute atomic E-state index is 12.2. The van der Waals surface area contributed by atoms with Crippen LogP contribution in [0.2, 0.25) is 0 Å². The molecule has 0 saturated heterocycles. The number of nitrogens with two attached hydrogens (primary N) is 1. The van der Waals surface area contributed by atoms with Crippen LogP contribution < -0.4 is 11.1 Å². The zero-order valence-electron chi connectivity index (χ0n) is 18.6. The Bertz CT molecular complexity index is 901. The molecule has 1 unspecified atom stereocenters.